The van der Waals surface area contributed by atoms with Crippen LogP contribution >= 0.6 is 0 Å². The van der Waals surface area contributed by atoms with Gasteiger partial charge in [-0.15, -0.1) is 0 Å². The molecule has 0 bridgehead atoms. The number of hydrogen-bond donors (Lipinski definition) is 0. The predicted octanol–water partition coefficient (Wildman–Crippen LogP) is 3.95. The SMILES string of the molecule is CCCCCOCCCCC(C)(C)C(=O)OCC. The lowest BCUT2D eigenvalue weighted by Crippen LogP contribution is -2.26. The molecule has 3 heteroatoms. The highest BCUT2D eigenvalue weighted by Gasteiger charge is 2.28. The lowest BCUT2D eigenvalue weighted by atomic mass is 9.87. The normalized spacial score (nSPS) is 11.6. The van der Waals surface area contributed by atoms with Gasteiger partial charge in [0.05, 0.1) is 12.0 Å². The zero-order valence-corrected chi connectivity index (χ0v) is 12.6. The zero-order valence-electron chi connectivity index (χ0n) is 12.6. The minimum Gasteiger partial charge on any atom is -0.466 e. The number of carbonyl (C=O) groups excluding carboxylic acids is 1. The minimum atomic E-state index is -0.363. The summed E-state index contributed by atoms with van der Waals surface area (Å²) in [4.78, 5) is 11.6. The quantitative estimate of drug-likeness (QED) is 0.416. The Balaban J connectivity index is 3.49. The van der Waals surface area contributed by atoms with E-state index in [9.17, 15) is 4.79 Å². The maximum atomic E-state index is 11.6. The number of unbranched alkanes of at least 4 members (excludes halogenated alkanes) is 3. The lowest BCUT2D eigenvalue weighted by Gasteiger charge is -2.21. The molecule has 0 unspecified atom stereocenters. The first-order valence-corrected chi connectivity index (χ1v) is 7.29. The van der Waals surface area contributed by atoms with Gasteiger partial charge in [0.2, 0.25) is 0 Å². The van der Waals surface area contributed by atoms with Crippen molar-refractivity contribution in [2.75, 3.05) is 19.8 Å². The van der Waals surface area contributed by atoms with Gasteiger partial charge in [-0.05, 0) is 40.0 Å². The van der Waals surface area contributed by atoms with Crippen LogP contribution in [0.5, 0.6) is 0 Å². The maximum Gasteiger partial charge on any atom is 0.311 e. The molecule has 0 fully saturated rings. The Kier molecular flexibility index (Phi) is 10.0. The molecule has 0 aliphatic carbocycles. The van der Waals surface area contributed by atoms with Gasteiger partial charge in [-0.1, -0.05) is 26.2 Å². The monoisotopic (exact) mass is 258 g/mol. The Labute approximate surface area is 112 Å². The van der Waals surface area contributed by atoms with Crippen molar-refractivity contribution in [3.63, 3.8) is 0 Å². The van der Waals surface area contributed by atoms with Gasteiger partial charge in [-0.2, -0.15) is 0 Å². The molecule has 0 N–H and O–H groups in total. The highest BCUT2D eigenvalue weighted by Crippen LogP contribution is 2.24. The molecule has 0 saturated heterocycles. The van der Waals surface area contributed by atoms with E-state index in [4.69, 9.17) is 9.47 Å². The van der Waals surface area contributed by atoms with Gasteiger partial charge in [0.25, 0.3) is 0 Å². The summed E-state index contributed by atoms with van der Waals surface area (Å²) in [6, 6.07) is 0. The molecule has 0 rings (SSSR count). The average Bonchev–Trinajstić information content (AvgIpc) is 2.33. The van der Waals surface area contributed by atoms with Crippen LogP contribution in [-0.4, -0.2) is 25.8 Å². The molecule has 0 saturated carbocycles. The van der Waals surface area contributed by atoms with E-state index in [0.717, 1.165) is 38.9 Å². The lowest BCUT2D eigenvalue weighted by molar-refractivity contribution is -0.153. The second kappa shape index (κ2) is 10.4. The van der Waals surface area contributed by atoms with Crippen molar-refractivity contribution in [3.8, 4) is 0 Å². The first-order chi connectivity index (χ1) is 8.54. The molecule has 3 nitrogen and oxygen atoms in total. The second-order valence-electron chi connectivity index (χ2n) is 5.38. The van der Waals surface area contributed by atoms with E-state index in [0.29, 0.717) is 6.61 Å². The first-order valence-electron chi connectivity index (χ1n) is 7.29. The van der Waals surface area contributed by atoms with E-state index in [2.05, 4.69) is 6.92 Å². The molecule has 18 heavy (non-hydrogen) atoms. The maximum absolute atomic E-state index is 11.6. The standard InChI is InChI=1S/C15H30O3/c1-5-7-9-12-17-13-10-8-11-15(3,4)14(16)18-6-2/h5-13H2,1-4H3. The van der Waals surface area contributed by atoms with Gasteiger partial charge in [-0.25, -0.2) is 0 Å². The summed E-state index contributed by atoms with van der Waals surface area (Å²) in [6.07, 6.45) is 6.54. The molecule has 0 atom stereocenters. The van der Waals surface area contributed by atoms with Gasteiger partial charge in [0.15, 0.2) is 0 Å². The Hall–Kier alpha value is -0.570. The summed E-state index contributed by atoms with van der Waals surface area (Å²) in [5.74, 6) is -0.0890. The third-order valence-corrected chi connectivity index (χ3v) is 3.06. The van der Waals surface area contributed by atoms with Crippen LogP contribution in [-0.2, 0) is 14.3 Å². The fraction of sp³-hybridized carbons (Fsp3) is 0.933. The third-order valence-electron chi connectivity index (χ3n) is 3.06. The predicted molar refractivity (Wildman–Crippen MR) is 74.6 cm³/mol. The Morgan fingerprint density at radius 1 is 1.00 bits per heavy atom. The third kappa shape index (κ3) is 8.51. The van der Waals surface area contributed by atoms with Gasteiger partial charge in [0.1, 0.15) is 0 Å². The van der Waals surface area contributed by atoms with Crippen molar-refractivity contribution in [2.45, 2.75) is 66.2 Å². The van der Waals surface area contributed by atoms with Crippen molar-refractivity contribution >= 4 is 5.97 Å². The first kappa shape index (κ1) is 17.4. The fourth-order valence-electron chi connectivity index (χ4n) is 1.76. The molecule has 108 valence electrons. The zero-order chi connectivity index (χ0) is 13.9. The highest BCUT2D eigenvalue weighted by molar-refractivity contribution is 5.75. The van der Waals surface area contributed by atoms with Crippen LogP contribution in [0.1, 0.15) is 66.2 Å². The number of rotatable bonds is 11. The topological polar surface area (TPSA) is 35.5 Å². The van der Waals surface area contributed by atoms with E-state index < -0.39 is 0 Å². The van der Waals surface area contributed by atoms with Crippen molar-refractivity contribution in [2.24, 2.45) is 5.41 Å². The molecule has 0 aliphatic rings. The summed E-state index contributed by atoms with van der Waals surface area (Å²) < 4.78 is 10.6. The highest BCUT2D eigenvalue weighted by atomic mass is 16.5. The number of carbonyl (C=O) groups is 1. The van der Waals surface area contributed by atoms with Crippen molar-refractivity contribution in [1.82, 2.24) is 0 Å². The van der Waals surface area contributed by atoms with E-state index in [1.165, 1.54) is 12.8 Å². The van der Waals surface area contributed by atoms with Gasteiger partial charge in [0, 0.05) is 13.2 Å². The second-order valence-corrected chi connectivity index (χ2v) is 5.38. The fourth-order valence-corrected chi connectivity index (χ4v) is 1.76. The number of hydrogen-bond acceptors (Lipinski definition) is 3. The molecular formula is C15H30O3. The van der Waals surface area contributed by atoms with E-state index in [-0.39, 0.29) is 11.4 Å². The molecule has 0 amide bonds. The molecular weight excluding hydrogens is 228 g/mol. The molecule has 0 spiro atoms. The summed E-state index contributed by atoms with van der Waals surface area (Å²) in [5.41, 5.74) is -0.363. The van der Waals surface area contributed by atoms with Crippen LogP contribution in [0.15, 0.2) is 0 Å². The van der Waals surface area contributed by atoms with Gasteiger partial charge < -0.3 is 9.47 Å². The summed E-state index contributed by atoms with van der Waals surface area (Å²) in [7, 11) is 0. The minimum absolute atomic E-state index is 0.0890. The molecule has 0 aromatic carbocycles. The largest absolute Gasteiger partial charge is 0.466 e. The summed E-state index contributed by atoms with van der Waals surface area (Å²) in [6.45, 7) is 10.1. The smallest absolute Gasteiger partial charge is 0.311 e. The van der Waals surface area contributed by atoms with Crippen LogP contribution in [0.3, 0.4) is 0 Å². The van der Waals surface area contributed by atoms with Crippen LogP contribution in [0.25, 0.3) is 0 Å². The number of esters is 1. The molecule has 0 heterocycles. The van der Waals surface area contributed by atoms with Crippen LogP contribution in [0.2, 0.25) is 0 Å². The van der Waals surface area contributed by atoms with Crippen LogP contribution < -0.4 is 0 Å². The van der Waals surface area contributed by atoms with Crippen molar-refractivity contribution in [3.05, 3.63) is 0 Å². The van der Waals surface area contributed by atoms with Crippen LogP contribution in [0, 0.1) is 5.41 Å². The number of ether oxygens (including phenoxy) is 2. The molecule has 0 radical (unpaired) electrons. The van der Waals surface area contributed by atoms with E-state index in [1.807, 2.05) is 20.8 Å². The van der Waals surface area contributed by atoms with E-state index >= 15 is 0 Å². The Bertz CT molecular complexity index is 212. The Morgan fingerprint density at radius 3 is 2.17 bits per heavy atom. The van der Waals surface area contributed by atoms with Crippen molar-refractivity contribution in [1.29, 1.82) is 0 Å². The molecule has 0 aromatic rings. The molecule has 0 aliphatic heterocycles. The molecule has 0 aromatic heterocycles. The Morgan fingerprint density at radius 2 is 1.61 bits per heavy atom. The van der Waals surface area contributed by atoms with Crippen molar-refractivity contribution < 1.29 is 14.3 Å². The average molecular weight is 258 g/mol. The van der Waals surface area contributed by atoms with Crippen LogP contribution in [0.4, 0.5) is 0 Å². The summed E-state index contributed by atoms with van der Waals surface area (Å²) in [5, 5.41) is 0. The van der Waals surface area contributed by atoms with E-state index in [1.54, 1.807) is 0 Å². The van der Waals surface area contributed by atoms with Gasteiger partial charge >= 0.3 is 5.97 Å². The van der Waals surface area contributed by atoms with Gasteiger partial charge in [-0.3, -0.25) is 4.79 Å². The summed E-state index contributed by atoms with van der Waals surface area (Å²) >= 11 is 0.